The van der Waals surface area contributed by atoms with Gasteiger partial charge in [-0.25, -0.2) is 4.98 Å². The molecule has 2 heterocycles. The Bertz CT molecular complexity index is 1230. The molecule has 0 atom stereocenters. The van der Waals surface area contributed by atoms with E-state index in [0.29, 0.717) is 36.2 Å². The summed E-state index contributed by atoms with van der Waals surface area (Å²) in [5.41, 5.74) is 2.17. The summed E-state index contributed by atoms with van der Waals surface area (Å²) in [4.78, 5) is 24.6. The average molecular weight is 476 g/mol. The molecule has 0 radical (unpaired) electrons. The Labute approximate surface area is 204 Å². The topological polar surface area (TPSA) is 64.5 Å². The molecule has 0 aliphatic heterocycles. The van der Waals surface area contributed by atoms with Gasteiger partial charge in [-0.15, -0.1) is 0 Å². The van der Waals surface area contributed by atoms with Gasteiger partial charge in [0, 0.05) is 11.8 Å². The maximum atomic E-state index is 13.7. The number of rotatable bonds is 11. The minimum Gasteiger partial charge on any atom is -0.494 e. The Morgan fingerprint density at radius 1 is 0.971 bits per heavy atom. The maximum Gasteiger partial charge on any atom is 0.260 e. The smallest absolute Gasteiger partial charge is 0.260 e. The number of nitrogens with zero attached hydrogens (tertiary/aromatic N) is 3. The van der Waals surface area contributed by atoms with E-state index in [1.54, 1.807) is 17.2 Å². The number of fused-ring (bicyclic) bond motifs is 1. The number of thiazole rings is 1. The van der Waals surface area contributed by atoms with Crippen LogP contribution in [0.4, 0.5) is 5.13 Å². The molecule has 4 rings (SSSR count). The van der Waals surface area contributed by atoms with E-state index in [1.165, 1.54) is 11.3 Å². The highest BCUT2D eigenvalue weighted by Gasteiger charge is 2.23. The van der Waals surface area contributed by atoms with Crippen LogP contribution in [0.3, 0.4) is 0 Å². The number of ether oxygens (including phenoxy) is 2. The maximum absolute atomic E-state index is 13.7. The Kier molecular flexibility index (Phi) is 8.09. The van der Waals surface area contributed by atoms with Crippen molar-refractivity contribution in [1.82, 2.24) is 9.97 Å². The van der Waals surface area contributed by atoms with Gasteiger partial charge in [0.1, 0.15) is 11.5 Å². The number of pyridine rings is 1. The SMILES string of the molecule is CCCCCOc1cccc(C(=O)N(Cc2ccccn2)c2nc3ccc(OCC)cc3s2)c1. The summed E-state index contributed by atoms with van der Waals surface area (Å²) in [6.07, 6.45) is 4.99. The molecule has 2 aromatic heterocycles. The molecule has 176 valence electrons. The number of anilines is 1. The highest BCUT2D eigenvalue weighted by Crippen LogP contribution is 2.33. The van der Waals surface area contributed by atoms with Crippen LogP contribution in [-0.2, 0) is 6.54 Å². The van der Waals surface area contributed by atoms with Crippen LogP contribution in [0.25, 0.3) is 10.2 Å². The number of benzene rings is 2. The number of hydrogen-bond donors (Lipinski definition) is 0. The predicted octanol–water partition coefficient (Wildman–Crippen LogP) is 6.51. The minimum atomic E-state index is -0.145. The Balaban J connectivity index is 1.64. The normalized spacial score (nSPS) is 10.9. The van der Waals surface area contributed by atoms with E-state index in [1.807, 2.05) is 61.5 Å². The first-order valence-electron chi connectivity index (χ1n) is 11.7. The fourth-order valence-electron chi connectivity index (χ4n) is 3.56. The van der Waals surface area contributed by atoms with Crippen molar-refractivity contribution < 1.29 is 14.3 Å². The summed E-state index contributed by atoms with van der Waals surface area (Å²) in [7, 11) is 0. The Morgan fingerprint density at radius 2 is 1.85 bits per heavy atom. The fraction of sp³-hybridized carbons (Fsp3) is 0.296. The zero-order valence-electron chi connectivity index (χ0n) is 19.6. The molecule has 34 heavy (non-hydrogen) atoms. The number of carbonyl (C=O) groups is 1. The quantitative estimate of drug-likeness (QED) is 0.232. The molecule has 0 spiro atoms. The number of unbranched alkanes of at least 4 members (excludes halogenated alkanes) is 2. The van der Waals surface area contributed by atoms with Crippen molar-refractivity contribution in [2.45, 2.75) is 39.7 Å². The molecule has 4 aromatic rings. The molecular formula is C27H29N3O3S. The van der Waals surface area contributed by atoms with E-state index >= 15 is 0 Å². The highest BCUT2D eigenvalue weighted by atomic mass is 32.1. The molecule has 0 unspecified atom stereocenters. The predicted molar refractivity (Wildman–Crippen MR) is 137 cm³/mol. The molecule has 1 amide bonds. The largest absolute Gasteiger partial charge is 0.494 e. The van der Waals surface area contributed by atoms with Crippen LogP contribution in [0, 0.1) is 0 Å². The van der Waals surface area contributed by atoms with Gasteiger partial charge in [0.2, 0.25) is 0 Å². The van der Waals surface area contributed by atoms with E-state index in [0.717, 1.165) is 40.9 Å². The lowest BCUT2D eigenvalue weighted by Crippen LogP contribution is -2.30. The lowest BCUT2D eigenvalue weighted by molar-refractivity contribution is 0.0984. The summed E-state index contributed by atoms with van der Waals surface area (Å²) in [5.74, 6) is 1.35. The number of carbonyl (C=O) groups excluding carboxylic acids is 1. The molecule has 0 N–H and O–H groups in total. The van der Waals surface area contributed by atoms with Gasteiger partial charge in [0.25, 0.3) is 5.91 Å². The first-order chi connectivity index (χ1) is 16.7. The minimum absolute atomic E-state index is 0.145. The lowest BCUT2D eigenvalue weighted by Gasteiger charge is -2.20. The van der Waals surface area contributed by atoms with Crippen LogP contribution in [0.2, 0.25) is 0 Å². The van der Waals surface area contributed by atoms with Gasteiger partial charge in [-0.3, -0.25) is 14.7 Å². The second-order valence-corrected chi connectivity index (χ2v) is 8.86. The van der Waals surface area contributed by atoms with Crippen molar-refractivity contribution in [2.24, 2.45) is 0 Å². The van der Waals surface area contributed by atoms with Gasteiger partial charge in [-0.05, 0) is 61.9 Å². The Morgan fingerprint density at radius 3 is 2.65 bits per heavy atom. The third kappa shape index (κ3) is 5.91. The van der Waals surface area contributed by atoms with Crippen LogP contribution >= 0.6 is 11.3 Å². The van der Waals surface area contributed by atoms with E-state index in [-0.39, 0.29) is 5.91 Å². The second kappa shape index (κ2) is 11.6. The van der Waals surface area contributed by atoms with Crippen molar-refractivity contribution in [3.8, 4) is 11.5 Å². The molecule has 7 heteroatoms. The number of hydrogen-bond acceptors (Lipinski definition) is 6. The molecule has 0 aliphatic rings. The molecule has 0 fully saturated rings. The first-order valence-corrected chi connectivity index (χ1v) is 12.5. The molecular weight excluding hydrogens is 446 g/mol. The first kappa shape index (κ1) is 23.7. The van der Waals surface area contributed by atoms with Crippen molar-refractivity contribution in [3.63, 3.8) is 0 Å². The summed E-state index contributed by atoms with van der Waals surface area (Å²) in [6.45, 7) is 5.67. The summed E-state index contributed by atoms with van der Waals surface area (Å²) in [6, 6.07) is 18.8. The van der Waals surface area contributed by atoms with Crippen molar-refractivity contribution in [3.05, 3.63) is 78.1 Å². The highest BCUT2D eigenvalue weighted by molar-refractivity contribution is 7.22. The van der Waals surface area contributed by atoms with Gasteiger partial charge < -0.3 is 9.47 Å². The fourth-order valence-corrected chi connectivity index (χ4v) is 4.55. The molecule has 0 bridgehead atoms. The average Bonchev–Trinajstić information content (AvgIpc) is 3.29. The van der Waals surface area contributed by atoms with E-state index in [2.05, 4.69) is 11.9 Å². The van der Waals surface area contributed by atoms with Gasteiger partial charge in [0.15, 0.2) is 5.13 Å². The molecule has 0 saturated heterocycles. The standard InChI is InChI=1S/C27H29N3O3S/c1-3-5-8-16-33-22-12-9-10-20(17-22)26(31)30(19-21-11-6-7-15-28-21)27-29-24-14-13-23(32-4-2)18-25(24)34-27/h6-7,9-15,17-18H,3-5,8,16,19H2,1-2H3. The third-order valence-electron chi connectivity index (χ3n) is 5.28. The molecule has 6 nitrogen and oxygen atoms in total. The van der Waals surface area contributed by atoms with Gasteiger partial charge >= 0.3 is 0 Å². The van der Waals surface area contributed by atoms with Crippen LogP contribution in [-0.4, -0.2) is 29.1 Å². The van der Waals surface area contributed by atoms with E-state index < -0.39 is 0 Å². The van der Waals surface area contributed by atoms with Gasteiger partial charge in [-0.2, -0.15) is 0 Å². The second-order valence-electron chi connectivity index (χ2n) is 7.85. The third-order valence-corrected chi connectivity index (χ3v) is 6.32. The van der Waals surface area contributed by atoms with E-state index in [4.69, 9.17) is 14.5 Å². The van der Waals surface area contributed by atoms with Gasteiger partial charge in [-0.1, -0.05) is 43.2 Å². The molecule has 0 aliphatic carbocycles. The zero-order valence-corrected chi connectivity index (χ0v) is 20.4. The number of aromatic nitrogens is 2. The monoisotopic (exact) mass is 475 g/mol. The molecule has 0 saturated carbocycles. The van der Waals surface area contributed by atoms with Crippen molar-refractivity contribution >= 4 is 32.6 Å². The van der Waals surface area contributed by atoms with Gasteiger partial charge in [0.05, 0.1) is 35.7 Å². The lowest BCUT2D eigenvalue weighted by atomic mass is 10.2. The summed E-state index contributed by atoms with van der Waals surface area (Å²) < 4.78 is 12.5. The van der Waals surface area contributed by atoms with E-state index in [9.17, 15) is 4.79 Å². The van der Waals surface area contributed by atoms with Crippen LogP contribution in [0.15, 0.2) is 66.9 Å². The number of amides is 1. The van der Waals surface area contributed by atoms with Crippen LogP contribution in [0.1, 0.15) is 49.2 Å². The van der Waals surface area contributed by atoms with Crippen molar-refractivity contribution in [2.75, 3.05) is 18.1 Å². The van der Waals surface area contributed by atoms with Crippen molar-refractivity contribution in [1.29, 1.82) is 0 Å². The van der Waals surface area contributed by atoms with Crippen LogP contribution < -0.4 is 14.4 Å². The Hall–Kier alpha value is -3.45. The summed E-state index contributed by atoms with van der Waals surface area (Å²) in [5, 5.41) is 0.619. The zero-order chi connectivity index (χ0) is 23.8. The summed E-state index contributed by atoms with van der Waals surface area (Å²) >= 11 is 1.47. The van der Waals surface area contributed by atoms with Crippen LogP contribution in [0.5, 0.6) is 11.5 Å². The molecule has 2 aromatic carbocycles.